The standard InChI is InChI=1S/C31H30N2O6/c1-2-38-27-14-7-6-13-26(27)32-28(34)19-39-31(37)22-11-8-12-23(17-22)33-29(35)24-16-15-21(18-25(24)30(33)36)20-9-4-3-5-10-20/h3-14,17,21,24-25H,2,15-16,18-19H2,1H3,(H,32,34)/t21-,24+,25-/m0/s1. The van der Waals surface area contributed by atoms with Gasteiger partial charge in [-0.3, -0.25) is 19.3 Å². The van der Waals surface area contributed by atoms with Crippen LogP contribution < -0.4 is 15.0 Å². The molecule has 1 saturated heterocycles. The molecule has 0 spiro atoms. The third kappa shape index (κ3) is 5.55. The molecule has 39 heavy (non-hydrogen) atoms. The first-order valence-electron chi connectivity index (χ1n) is 13.2. The molecule has 8 nitrogen and oxygen atoms in total. The fraction of sp³-hybridized carbons (Fsp3) is 0.290. The third-order valence-corrected chi connectivity index (χ3v) is 7.33. The maximum Gasteiger partial charge on any atom is 0.338 e. The van der Waals surface area contributed by atoms with Crippen molar-refractivity contribution in [2.45, 2.75) is 32.1 Å². The van der Waals surface area contributed by atoms with Crippen LogP contribution in [0.25, 0.3) is 0 Å². The van der Waals surface area contributed by atoms with Crippen molar-refractivity contribution in [2.24, 2.45) is 11.8 Å². The second kappa shape index (κ2) is 11.5. The number of amides is 3. The average molecular weight is 527 g/mol. The number of hydrogen-bond donors (Lipinski definition) is 1. The molecule has 2 fully saturated rings. The van der Waals surface area contributed by atoms with Crippen molar-refractivity contribution in [3.63, 3.8) is 0 Å². The summed E-state index contributed by atoms with van der Waals surface area (Å²) in [5.74, 6) is -1.69. The highest BCUT2D eigenvalue weighted by Gasteiger charge is 2.50. The van der Waals surface area contributed by atoms with Crippen LogP contribution in [0.5, 0.6) is 5.75 Å². The van der Waals surface area contributed by atoms with Crippen molar-refractivity contribution in [2.75, 3.05) is 23.4 Å². The lowest BCUT2D eigenvalue weighted by Gasteiger charge is -2.28. The van der Waals surface area contributed by atoms with Gasteiger partial charge in [0.2, 0.25) is 11.8 Å². The molecule has 1 N–H and O–H groups in total. The van der Waals surface area contributed by atoms with Gasteiger partial charge < -0.3 is 14.8 Å². The molecule has 0 unspecified atom stereocenters. The SMILES string of the molecule is CCOc1ccccc1NC(=O)COC(=O)c1cccc(N2C(=O)[C@H]3C[C@@H](c4ccccc4)CC[C@H]3C2=O)c1. The molecule has 0 bridgehead atoms. The number of nitrogens with one attached hydrogen (secondary N) is 1. The molecular weight excluding hydrogens is 496 g/mol. The summed E-state index contributed by atoms with van der Waals surface area (Å²) in [7, 11) is 0. The second-order valence-electron chi connectivity index (χ2n) is 9.75. The first-order chi connectivity index (χ1) is 19.0. The van der Waals surface area contributed by atoms with Gasteiger partial charge in [-0.1, -0.05) is 48.5 Å². The van der Waals surface area contributed by atoms with Gasteiger partial charge in [-0.15, -0.1) is 0 Å². The Bertz CT molecular complexity index is 1390. The monoisotopic (exact) mass is 526 g/mol. The molecule has 3 aromatic rings. The first-order valence-corrected chi connectivity index (χ1v) is 13.2. The highest BCUT2D eigenvalue weighted by atomic mass is 16.5. The van der Waals surface area contributed by atoms with Crippen LogP contribution in [-0.4, -0.2) is 36.9 Å². The number of rotatable bonds is 8. The summed E-state index contributed by atoms with van der Waals surface area (Å²) in [6, 6.07) is 23.3. The summed E-state index contributed by atoms with van der Waals surface area (Å²) in [5.41, 5.74) is 2.14. The van der Waals surface area contributed by atoms with E-state index in [9.17, 15) is 19.2 Å². The molecular formula is C31H30N2O6. The minimum Gasteiger partial charge on any atom is -0.492 e. The van der Waals surface area contributed by atoms with Crippen LogP contribution in [-0.2, 0) is 19.1 Å². The third-order valence-electron chi connectivity index (χ3n) is 7.33. The number of carbonyl (C=O) groups excluding carboxylic acids is 4. The molecule has 8 heteroatoms. The van der Waals surface area contributed by atoms with Gasteiger partial charge in [0.1, 0.15) is 5.75 Å². The fourth-order valence-electron chi connectivity index (χ4n) is 5.49. The van der Waals surface area contributed by atoms with Gasteiger partial charge in [0, 0.05) is 0 Å². The Morgan fingerprint density at radius 1 is 0.897 bits per heavy atom. The molecule has 1 aliphatic carbocycles. The number of hydrogen-bond acceptors (Lipinski definition) is 6. The largest absolute Gasteiger partial charge is 0.492 e. The summed E-state index contributed by atoms with van der Waals surface area (Å²) < 4.78 is 10.7. The Balaban J connectivity index is 1.23. The summed E-state index contributed by atoms with van der Waals surface area (Å²) >= 11 is 0. The van der Waals surface area contributed by atoms with Gasteiger partial charge in [0.15, 0.2) is 6.61 Å². The van der Waals surface area contributed by atoms with E-state index in [0.717, 1.165) is 6.42 Å². The molecule has 3 aromatic carbocycles. The van der Waals surface area contributed by atoms with Gasteiger partial charge >= 0.3 is 5.97 Å². The van der Waals surface area contributed by atoms with Gasteiger partial charge in [-0.25, -0.2) is 4.79 Å². The van der Waals surface area contributed by atoms with Gasteiger partial charge in [-0.2, -0.15) is 0 Å². The van der Waals surface area contributed by atoms with E-state index in [4.69, 9.17) is 9.47 Å². The van der Waals surface area contributed by atoms with Gasteiger partial charge in [0.05, 0.1) is 35.4 Å². The Hall–Kier alpha value is -4.46. The fourth-order valence-corrected chi connectivity index (χ4v) is 5.49. The second-order valence-corrected chi connectivity index (χ2v) is 9.75. The molecule has 5 rings (SSSR count). The number of anilines is 2. The van der Waals surface area contributed by atoms with Crippen LogP contribution in [0.15, 0.2) is 78.9 Å². The molecule has 1 heterocycles. The van der Waals surface area contributed by atoms with E-state index in [0.29, 0.717) is 36.6 Å². The molecule has 1 aliphatic heterocycles. The van der Waals surface area contributed by atoms with Crippen LogP contribution in [0.4, 0.5) is 11.4 Å². The van der Waals surface area contributed by atoms with E-state index in [1.54, 1.807) is 36.4 Å². The van der Waals surface area contributed by atoms with Crippen LogP contribution in [0.3, 0.4) is 0 Å². The highest BCUT2D eigenvalue weighted by molar-refractivity contribution is 6.22. The molecule has 2 aliphatic rings. The van der Waals surface area contributed by atoms with Crippen molar-refractivity contribution in [1.29, 1.82) is 0 Å². The van der Waals surface area contributed by atoms with E-state index >= 15 is 0 Å². The van der Waals surface area contributed by atoms with Crippen LogP contribution >= 0.6 is 0 Å². The summed E-state index contributed by atoms with van der Waals surface area (Å²) in [5, 5.41) is 2.67. The maximum atomic E-state index is 13.4. The summed E-state index contributed by atoms with van der Waals surface area (Å²) in [6.07, 6.45) is 2.12. The number of imide groups is 1. The Kier molecular flexibility index (Phi) is 7.72. The zero-order valence-electron chi connectivity index (χ0n) is 21.7. The van der Waals surface area contributed by atoms with E-state index in [1.165, 1.54) is 22.6 Å². The van der Waals surface area contributed by atoms with E-state index in [-0.39, 0.29) is 35.1 Å². The molecule has 200 valence electrons. The zero-order valence-corrected chi connectivity index (χ0v) is 21.7. The molecule has 0 radical (unpaired) electrons. The number of esters is 1. The van der Waals surface area contributed by atoms with Crippen molar-refractivity contribution in [1.82, 2.24) is 0 Å². The number of ether oxygens (including phenoxy) is 2. The number of benzene rings is 3. The minimum absolute atomic E-state index is 0.146. The predicted octanol–water partition coefficient (Wildman–Crippen LogP) is 4.95. The Morgan fingerprint density at radius 3 is 2.44 bits per heavy atom. The number of carbonyl (C=O) groups is 4. The molecule has 3 atom stereocenters. The van der Waals surface area contributed by atoms with Crippen molar-refractivity contribution in [3.05, 3.63) is 90.0 Å². The topological polar surface area (TPSA) is 102 Å². The quantitative estimate of drug-likeness (QED) is 0.329. The smallest absolute Gasteiger partial charge is 0.338 e. The van der Waals surface area contributed by atoms with Crippen LogP contribution in [0.1, 0.15) is 48.0 Å². The molecule has 1 saturated carbocycles. The zero-order chi connectivity index (χ0) is 27.4. The van der Waals surface area contributed by atoms with E-state index in [1.807, 2.05) is 25.1 Å². The number of fused-ring (bicyclic) bond motifs is 1. The van der Waals surface area contributed by atoms with Crippen LogP contribution in [0.2, 0.25) is 0 Å². The number of para-hydroxylation sites is 2. The normalized spacial score (nSPS) is 20.3. The predicted molar refractivity (Wildman–Crippen MR) is 145 cm³/mol. The van der Waals surface area contributed by atoms with Crippen molar-refractivity contribution >= 4 is 35.1 Å². The van der Waals surface area contributed by atoms with Crippen LogP contribution in [0, 0.1) is 11.8 Å². The lowest BCUT2D eigenvalue weighted by molar-refractivity contribution is -0.122. The van der Waals surface area contributed by atoms with Gasteiger partial charge in [0.25, 0.3) is 5.91 Å². The lowest BCUT2D eigenvalue weighted by Crippen LogP contribution is -2.31. The summed E-state index contributed by atoms with van der Waals surface area (Å²) in [4.78, 5) is 53.0. The average Bonchev–Trinajstić information content (AvgIpc) is 3.22. The Labute approximate surface area is 226 Å². The van der Waals surface area contributed by atoms with Crippen molar-refractivity contribution < 1.29 is 28.7 Å². The molecule has 3 amide bonds. The summed E-state index contributed by atoms with van der Waals surface area (Å²) in [6.45, 7) is 1.78. The van der Waals surface area contributed by atoms with Gasteiger partial charge in [-0.05, 0) is 68.0 Å². The molecule has 0 aromatic heterocycles. The first kappa shape index (κ1) is 26.2. The number of nitrogens with zero attached hydrogens (tertiary/aromatic N) is 1. The Morgan fingerprint density at radius 2 is 1.64 bits per heavy atom. The van der Waals surface area contributed by atoms with E-state index < -0.39 is 18.5 Å². The lowest BCUT2D eigenvalue weighted by atomic mass is 9.73. The highest BCUT2D eigenvalue weighted by Crippen LogP contribution is 2.45. The maximum absolute atomic E-state index is 13.4. The minimum atomic E-state index is -0.731. The van der Waals surface area contributed by atoms with E-state index in [2.05, 4.69) is 17.4 Å². The van der Waals surface area contributed by atoms with Crippen molar-refractivity contribution in [3.8, 4) is 5.75 Å².